The van der Waals surface area contributed by atoms with Crippen molar-refractivity contribution in [3.05, 3.63) is 60.2 Å². The smallest absolute Gasteiger partial charge is 0.359 e. The average molecular weight is 377 g/mol. The predicted molar refractivity (Wildman–Crippen MR) is 100 cm³/mol. The van der Waals surface area contributed by atoms with E-state index in [1.54, 1.807) is 11.0 Å². The van der Waals surface area contributed by atoms with Gasteiger partial charge in [-0.3, -0.25) is 9.36 Å². The molecule has 0 spiro atoms. The molecule has 0 saturated carbocycles. The maximum absolute atomic E-state index is 12.6. The Morgan fingerprint density at radius 3 is 2.38 bits per heavy atom. The number of benzene rings is 2. The number of ether oxygens (including phenoxy) is 1. The van der Waals surface area contributed by atoms with Gasteiger partial charge < -0.3 is 19.4 Å². The van der Waals surface area contributed by atoms with Crippen LogP contribution in [0.3, 0.4) is 0 Å². The number of hydrogen-bond donors (Lipinski definition) is 2. The zero-order chi connectivity index (χ0) is 19.0. The van der Waals surface area contributed by atoms with E-state index >= 15 is 0 Å². The third-order valence-corrected chi connectivity index (χ3v) is 4.88. The van der Waals surface area contributed by atoms with E-state index in [0.717, 1.165) is 18.4 Å². The highest BCUT2D eigenvalue weighted by atomic mass is 31.2. The van der Waals surface area contributed by atoms with Gasteiger partial charge in [-0.05, 0) is 24.1 Å². The molecule has 26 heavy (non-hydrogen) atoms. The van der Waals surface area contributed by atoms with Gasteiger partial charge in [0.2, 0.25) is 0 Å². The molecular weight excluding hydrogens is 353 g/mol. The molecule has 0 unspecified atom stereocenters. The van der Waals surface area contributed by atoms with Crippen molar-refractivity contribution in [3.63, 3.8) is 0 Å². The minimum absolute atomic E-state index is 0.0318. The van der Waals surface area contributed by atoms with Gasteiger partial charge in [-0.25, -0.2) is 0 Å². The van der Waals surface area contributed by atoms with Crippen LogP contribution in [0.1, 0.15) is 25.3 Å². The van der Waals surface area contributed by atoms with Crippen LogP contribution in [-0.4, -0.2) is 33.7 Å². The normalized spacial score (nSPS) is 11.2. The zero-order valence-corrected chi connectivity index (χ0v) is 15.6. The summed E-state index contributed by atoms with van der Waals surface area (Å²) >= 11 is 0. The summed E-state index contributed by atoms with van der Waals surface area (Å²) in [6, 6.07) is 15.6. The average Bonchev–Trinajstić information content (AvgIpc) is 2.63. The van der Waals surface area contributed by atoms with E-state index in [-0.39, 0.29) is 23.6 Å². The molecule has 0 atom stereocenters. The van der Waals surface area contributed by atoms with Gasteiger partial charge in [0.25, 0.3) is 5.91 Å². The fourth-order valence-electron chi connectivity index (χ4n) is 2.50. The van der Waals surface area contributed by atoms with Crippen LogP contribution >= 0.6 is 7.60 Å². The van der Waals surface area contributed by atoms with Crippen molar-refractivity contribution in [2.24, 2.45) is 0 Å². The maximum Gasteiger partial charge on any atom is 0.359 e. The summed E-state index contributed by atoms with van der Waals surface area (Å²) in [5.41, 5.74) is 1.02. The second-order valence-corrected chi connectivity index (χ2v) is 7.52. The third kappa shape index (κ3) is 5.99. The van der Waals surface area contributed by atoms with Crippen LogP contribution in [0.5, 0.6) is 5.75 Å². The number of unbranched alkanes of at least 4 members (excludes halogenated alkanes) is 1. The second kappa shape index (κ2) is 9.53. The summed E-state index contributed by atoms with van der Waals surface area (Å²) in [5.74, 6) is -0.188. The van der Waals surface area contributed by atoms with Crippen LogP contribution in [0, 0.1) is 0 Å². The molecule has 2 rings (SSSR count). The molecular formula is C19H24NO5P. The van der Waals surface area contributed by atoms with E-state index in [1.807, 2.05) is 30.3 Å². The largest absolute Gasteiger partial charge is 0.483 e. The van der Waals surface area contributed by atoms with E-state index in [9.17, 15) is 19.1 Å². The number of rotatable bonds is 9. The van der Waals surface area contributed by atoms with E-state index in [2.05, 4.69) is 6.92 Å². The summed E-state index contributed by atoms with van der Waals surface area (Å²) in [6.45, 7) is 2.86. The molecule has 0 bridgehead atoms. The minimum atomic E-state index is -4.46. The Bertz CT molecular complexity index is 760. The highest BCUT2D eigenvalue weighted by Crippen LogP contribution is 2.37. The van der Waals surface area contributed by atoms with Crippen molar-refractivity contribution in [1.82, 2.24) is 4.90 Å². The summed E-state index contributed by atoms with van der Waals surface area (Å²) in [4.78, 5) is 33.1. The van der Waals surface area contributed by atoms with Gasteiger partial charge in [-0.2, -0.15) is 0 Å². The predicted octanol–water partition coefficient (Wildman–Crippen LogP) is 2.70. The SMILES string of the molecule is CCCCN(Cc1ccccc1)C(=O)COc1ccccc1P(=O)(O)O. The Labute approximate surface area is 153 Å². The summed E-state index contributed by atoms with van der Waals surface area (Å²) in [5, 5.41) is -0.212. The molecule has 140 valence electrons. The first-order valence-electron chi connectivity index (χ1n) is 8.51. The van der Waals surface area contributed by atoms with Crippen molar-refractivity contribution in [1.29, 1.82) is 0 Å². The van der Waals surface area contributed by atoms with Crippen LogP contribution < -0.4 is 10.0 Å². The number of carbonyl (C=O) groups is 1. The maximum atomic E-state index is 12.6. The Hall–Kier alpha value is -2.14. The lowest BCUT2D eigenvalue weighted by Gasteiger charge is -2.23. The molecule has 2 aromatic rings. The molecule has 0 saturated heterocycles. The molecule has 0 aliphatic carbocycles. The number of amides is 1. The van der Waals surface area contributed by atoms with Gasteiger partial charge in [-0.15, -0.1) is 0 Å². The number of nitrogens with zero attached hydrogens (tertiary/aromatic N) is 1. The van der Waals surface area contributed by atoms with Crippen LogP contribution in [0.25, 0.3) is 0 Å². The second-order valence-electron chi connectivity index (χ2n) is 5.95. The fraction of sp³-hybridized carbons (Fsp3) is 0.316. The number of carbonyl (C=O) groups excluding carboxylic acids is 1. The molecule has 0 fully saturated rings. The number of hydrogen-bond acceptors (Lipinski definition) is 3. The molecule has 2 N–H and O–H groups in total. The van der Waals surface area contributed by atoms with E-state index in [0.29, 0.717) is 13.1 Å². The number of para-hydroxylation sites is 1. The lowest BCUT2D eigenvalue weighted by Crippen LogP contribution is -2.35. The highest BCUT2D eigenvalue weighted by molar-refractivity contribution is 7.60. The first-order valence-corrected chi connectivity index (χ1v) is 10.1. The Morgan fingerprint density at radius 2 is 1.73 bits per heavy atom. The molecule has 1 amide bonds. The third-order valence-electron chi connectivity index (χ3n) is 3.88. The lowest BCUT2D eigenvalue weighted by molar-refractivity contribution is -0.134. The lowest BCUT2D eigenvalue weighted by atomic mass is 10.2. The highest BCUT2D eigenvalue weighted by Gasteiger charge is 2.23. The molecule has 0 aliphatic heterocycles. The Kier molecular flexibility index (Phi) is 7.39. The standard InChI is InChI=1S/C19H24NO5P/c1-2-3-13-20(14-16-9-5-4-6-10-16)19(21)15-25-17-11-7-8-12-18(17)26(22,23)24/h4-12H,2-3,13-15H2,1H3,(H2,22,23,24). The van der Waals surface area contributed by atoms with E-state index in [1.165, 1.54) is 18.2 Å². The van der Waals surface area contributed by atoms with Gasteiger partial charge >= 0.3 is 7.60 Å². The van der Waals surface area contributed by atoms with Crippen molar-refractivity contribution in [3.8, 4) is 5.75 Å². The summed E-state index contributed by atoms with van der Waals surface area (Å²) in [7, 11) is -4.46. The van der Waals surface area contributed by atoms with Gasteiger partial charge in [0.15, 0.2) is 6.61 Å². The molecule has 0 radical (unpaired) electrons. The zero-order valence-electron chi connectivity index (χ0n) is 14.7. The van der Waals surface area contributed by atoms with E-state index in [4.69, 9.17) is 4.74 Å². The molecule has 6 nitrogen and oxygen atoms in total. The van der Waals surface area contributed by atoms with Gasteiger partial charge in [0.1, 0.15) is 11.1 Å². The molecule has 0 heterocycles. The van der Waals surface area contributed by atoms with Crippen molar-refractivity contribution in [2.45, 2.75) is 26.3 Å². The van der Waals surface area contributed by atoms with Gasteiger partial charge in [-0.1, -0.05) is 55.8 Å². The quantitative estimate of drug-likeness (QED) is 0.656. The first kappa shape index (κ1) is 20.2. The Balaban J connectivity index is 2.06. The minimum Gasteiger partial charge on any atom is -0.483 e. The summed E-state index contributed by atoms with van der Waals surface area (Å²) in [6.07, 6.45) is 1.83. The van der Waals surface area contributed by atoms with Crippen molar-refractivity contribution < 1.29 is 23.9 Å². The fourth-order valence-corrected chi connectivity index (χ4v) is 3.20. The van der Waals surface area contributed by atoms with Crippen LogP contribution in [0.4, 0.5) is 0 Å². The van der Waals surface area contributed by atoms with E-state index < -0.39 is 7.60 Å². The van der Waals surface area contributed by atoms with Crippen molar-refractivity contribution >= 4 is 18.8 Å². The molecule has 0 aliphatic rings. The molecule has 0 aromatic heterocycles. The van der Waals surface area contributed by atoms with Gasteiger partial charge in [0, 0.05) is 13.1 Å². The van der Waals surface area contributed by atoms with Crippen LogP contribution in [0.2, 0.25) is 0 Å². The molecule has 2 aromatic carbocycles. The Morgan fingerprint density at radius 1 is 1.08 bits per heavy atom. The van der Waals surface area contributed by atoms with Crippen LogP contribution in [-0.2, 0) is 15.9 Å². The molecule has 7 heteroatoms. The van der Waals surface area contributed by atoms with Crippen molar-refractivity contribution in [2.75, 3.05) is 13.2 Å². The van der Waals surface area contributed by atoms with Gasteiger partial charge in [0.05, 0.1) is 0 Å². The van der Waals surface area contributed by atoms with Crippen LogP contribution in [0.15, 0.2) is 54.6 Å². The monoisotopic (exact) mass is 377 g/mol. The first-order chi connectivity index (χ1) is 12.4. The topological polar surface area (TPSA) is 87.1 Å². The summed E-state index contributed by atoms with van der Waals surface area (Å²) < 4.78 is 17.0.